The third kappa shape index (κ3) is 1.74. The number of rotatable bonds is 0. The Balaban J connectivity index is 2.08. The van der Waals surface area contributed by atoms with Crippen molar-refractivity contribution in [3.05, 3.63) is 0 Å². The zero-order valence-electron chi connectivity index (χ0n) is 8.47. The van der Waals surface area contributed by atoms with Crippen molar-refractivity contribution >= 4 is 11.9 Å². The molecule has 0 aromatic heterocycles. The van der Waals surface area contributed by atoms with E-state index in [1.165, 1.54) is 0 Å². The molecule has 7 heteroatoms. The smallest absolute Gasteiger partial charge is 0.370 e. The third-order valence-electron chi connectivity index (χ3n) is 3.27. The van der Waals surface area contributed by atoms with Crippen molar-refractivity contribution in [3.8, 4) is 0 Å². The number of carbonyl (C=O) groups excluding carboxylic acids is 1. The minimum atomic E-state index is -4.17. The Labute approximate surface area is 90.1 Å². The van der Waals surface area contributed by atoms with E-state index in [0.717, 1.165) is 0 Å². The topological polar surface area (TPSA) is 67.5 Å². The van der Waals surface area contributed by atoms with Crippen LogP contribution in [0.25, 0.3) is 0 Å². The van der Waals surface area contributed by atoms with Gasteiger partial charge in [0.05, 0.1) is 5.92 Å². The Morgan fingerprint density at radius 1 is 1.38 bits per heavy atom. The Morgan fingerprint density at radius 3 is 2.31 bits per heavy atom. The molecule has 3 N–H and O–H groups in total. The predicted molar refractivity (Wildman–Crippen MR) is 50.5 cm³/mol. The van der Waals surface area contributed by atoms with Gasteiger partial charge in [-0.05, 0) is 25.7 Å². The van der Waals surface area contributed by atoms with Crippen LogP contribution in [0.3, 0.4) is 0 Å². The number of nitrogens with two attached hydrogens (primary N) is 1. The van der Waals surface area contributed by atoms with Crippen LogP contribution in [0.5, 0.6) is 0 Å². The lowest BCUT2D eigenvalue weighted by molar-refractivity contribution is -0.185. The van der Waals surface area contributed by atoms with Gasteiger partial charge in [0.25, 0.3) is 5.91 Å². The van der Waals surface area contributed by atoms with E-state index in [0.29, 0.717) is 0 Å². The molecule has 1 fully saturated rings. The SMILES string of the molecule is NC1=NC2(CCC(C(F)(F)F)CC2)C(=O)N1. The Bertz CT molecular complexity index is 342. The lowest BCUT2D eigenvalue weighted by Gasteiger charge is -2.33. The molecule has 2 rings (SSSR count). The molecule has 0 atom stereocenters. The summed E-state index contributed by atoms with van der Waals surface area (Å²) in [6.45, 7) is 0. The number of hydrogen-bond donors (Lipinski definition) is 2. The van der Waals surface area contributed by atoms with Gasteiger partial charge in [0, 0.05) is 0 Å². The number of nitrogens with one attached hydrogen (secondary N) is 1. The number of amides is 1. The molecule has 90 valence electrons. The van der Waals surface area contributed by atoms with E-state index >= 15 is 0 Å². The van der Waals surface area contributed by atoms with Gasteiger partial charge in [0.15, 0.2) is 5.96 Å². The summed E-state index contributed by atoms with van der Waals surface area (Å²) in [5.74, 6) is -1.68. The fraction of sp³-hybridized carbons (Fsp3) is 0.778. The molecule has 2 aliphatic rings. The number of halogens is 3. The first-order valence-electron chi connectivity index (χ1n) is 5.07. The summed E-state index contributed by atoms with van der Waals surface area (Å²) in [4.78, 5) is 15.5. The van der Waals surface area contributed by atoms with Crippen molar-refractivity contribution in [2.45, 2.75) is 37.4 Å². The minimum Gasteiger partial charge on any atom is -0.370 e. The zero-order chi connectivity index (χ0) is 12.0. The largest absolute Gasteiger partial charge is 0.391 e. The Kier molecular flexibility index (Phi) is 2.36. The van der Waals surface area contributed by atoms with Crippen LogP contribution in [0.15, 0.2) is 4.99 Å². The van der Waals surface area contributed by atoms with E-state index in [9.17, 15) is 18.0 Å². The van der Waals surface area contributed by atoms with Crippen molar-refractivity contribution in [2.75, 3.05) is 0 Å². The van der Waals surface area contributed by atoms with Crippen molar-refractivity contribution < 1.29 is 18.0 Å². The number of nitrogens with zero attached hydrogens (tertiary/aromatic N) is 1. The molecule has 0 unspecified atom stereocenters. The van der Waals surface area contributed by atoms with Crippen LogP contribution in [0.2, 0.25) is 0 Å². The third-order valence-corrected chi connectivity index (χ3v) is 3.27. The van der Waals surface area contributed by atoms with Crippen LogP contribution in [0, 0.1) is 5.92 Å². The summed E-state index contributed by atoms with van der Waals surface area (Å²) in [6, 6.07) is 0. The second kappa shape index (κ2) is 3.36. The second-order valence-electron chi connectivity index (χ2n) is 4.30. The van der Waals surface area contributed by atoms with Crippen LogP contribution in [-0.2, 0) is 4.79 Å². The lowest BCUT2D eigenvalue weighted by Crippen LogP contribution is -2.44. The van der Waals surface area contributed by atoms with Crippen LogP contribution < -0.4 is 11.1 Å². The maximum atomic E-state index is 12.4. The highest BCUT2D eigenvalue weighted by atomic mass is 19.4. The number of carbonyl (C=O) groups is 1. The van der Waals surface area contributed by atoms with E-state index in [1.54, 1.807) is 0 Å². The zero-order valence-corrected chi connectivity index (χ0v) is 8.47. The highest BCUT2D eigenvalue weighted by Gasteiger charge is 2.50. The average Bonchev–Trinajstić information content (AvgIpc) is 2.41. The highest BCUT2D eigenvalue weighted by molar-refractivity contribution is 6.06. The van der Waals surface area contributed by atoms with Gasteiger partial charge in [0.2, 0.25) is 0 Å². The van der Waals surface area contributed by atoms with Crippen LogP contribution in [-0.4, -0.2) is 23.6 Å². The fourth-order valence-electron chi connectivity index (χ4n) is 2.30. The summed E-state index contributed by atoms with van der Waals surface area (Å²) < 4.78 is 37.3. The number of hydrogen-bond acceptors (Lipinski definition) is 3. The molecule has 0 aromatic rings. The first kappa shape index (κ1) is 11.2. The summed E-state index contributed by atoms with van der Waals surface area (Å²) in [6.07, 6.45) is -4.07. The maximum Gasteiger partial charge on any atom is 0.391 e. The summed E-state index contributed by atoms with van der Waals surface area (Å²) >= 11 is 0. The van der Waals surface area contributed by atoms with Crippen molar-refractivity contribution in [3.63, 3.8) is 0 Å². The standard InChI is InChI=1S/C9H12F3N3O/c10-9(11,12)5-1-3-8(4-2-5)6(16)14-7(13)15-8/h5H,1-4H2,(H3,13,14,15,16). The molecular formula is C9H12F3N3O. The number of aliphatic imine (C=N–C) groups is 1. The molecule has 1 amide bonds. The minimum absolute atomic E-state index is 0.00968. The van der Waals surface area contributed by atoms with Crippen LogP contribution in [0.1, 0.15) is 25.7 Å². The first-order valence-corrected chi connectivity index (χ1v) is 5.07. The van der Waals surface area contributed by atoms with E-state index in [4.69, 9.17) is 5.73 Å². The van der Waals surface area contributed by atoms with Gasteiger partial charge >= 0.3 is 6.18 Å². The molecule has 0 aromatic carbocycles. The molecule has 4 nitrogen and oxygen atoms in total. The molecule has 1 aliphatic carbocycles. The average molecular weight is 235 g/mol. The molecule has 1 aliphatic heterocycles. The summed E-state index contributed by atoms with van der Waals surface area (Å²) in [5.41, 5.74) is 4.31. The number of guanidine groups is 1. The molecule has 16 heavy (non-hydrogen) atoms. The molecular weight excluding hydrogens is 223 g/mol. The van der Waals surface area contributed by atoms with Gasteiger partial charge in [0.1, 0.15) is 5.54 Å². The first-order chi connectivity index (χ1) is 7.33. The van der Waals surface area contributed by atoms with Gasteiger partial charge in [-0.15, -0.1) is 0 Å². The monoisotopic (exact) mass is 235 g/mol. The van der Waals surface area contributed by atoms with Crippen molar-refractivity contribution in [1.82, 2.24) is 5.32 Å². The van der Waals surface area contributed by atoms with Crippen molar-refractivity contribution in [1.29, 1.82) is 0 Å². The van der Waals surface area contributed by atoms with E-state index in [2.05, 4.69) is 10.3 Å². The summed E-state index contributed by atoms with van der Waals surface area (Å²) in [5, 5.41) is 2.34. The van der Waals surface area contributed by atoms with Crippen LogP contribution in [0.4, 0.5) is 13.2 Å². The molecule has 0 radical (unpaired) electrons. The highest BCUT2D eigenvalue weighted by Crippen LogP contribution is 2.43. The maximum absolute atomic E-state index is 12.4. The van der Waals surface area contributed by atoms with Gasteiger partial charge in [-0.3, -0.25) is 10.1 Å². The van der Waals surface area contributed by atoms with E-state index in [1.807, 2.05) is 0 Å². The second-order valence-corrected chi connectivity index (χ2v) is 4.30. The predicted octanol–water partition coefficient (Wildman–Crippen LogP) is 0.922. The van der Waals surface area contributed by atoms with Gasteiger partial charge in [-0.2, -0.15) is 13.2 Å². The lowest BCUT2D eigenvalue weighted by atomic mass is 9.76. The Morgan fingerprint density at radius 2 is 1.94 bits per heavy atom. The normalized spacial score (nSPS) is 35.1. The van der Waals surface area contributed by atoms with E-state index in [-0.39, 0.29) is 37.6 Å². The van der Waals surface area contributed by atoms with Crippen LogP contribution >= 0.6 is 0 Å². The fourth-order valence-corrected chi connectivity index (χ4v) is 2.30. The van der Waals surface area contributed by atoms with Gasteiger partial charge in [-0.1, -0.05) is 0 Å². The van der Waals surface area contributed by atoms with Gasteiger partial charge in [-0.25, -0.2) is 4.99 Å². The Hall–Kier alpha value is -1.27. The van der Waals surface area contributed by atoms with Crippen molar-refractivity contribution in [2.24, 2.45) is 16.6 Å². The molecule has 0 saturated heterocycles. The molecule has 1 heterocycles. The summed E-state index contributed by atoms with van der Waals surface area (Å²) in [7, 11) is 0. The molecule has 1 spiro atoms. The van der Waals surface area contributed by atoms with E-state index < -0.39 is 17.6 Å². The quantitative estimate of drug-likeness (QED) is 0.655. The number of alkyl halides is 3. The molecule has 0 bridgehead atoms. The molecule has 1 saturated carbocycles. The van der Waals surface area contributed by atoms with Gasteiger partial charge < -0.3 is 5.73 Å².